The molecule has 0 aliphatic carbocycles. The van der Waals surface area contributed by atoms with Crippen molar-refractivity contribution >= 4 is 50.9 Å². The van der Waals surface area contributed by atoms with E-state index in [0.717, 1.165) is 12.8 Å². The molecule has 0 atom stereocenters. The second-order valence-corrected chi connectivity index (χ2v) is 6.74. The van der Waals surface area contributed by atoms with Crippen LogP contribution in [0.2, 0.25) is 5.15 Å². The van der Waals surface area contributed by atoms with E-state index in [-0.39, 0.29) is 5.91 Å². The van der Waals surface area contributed by atoms with Gasteiger partial charge in [0.1, 0.15) is 5.15 Å². The molecule has 1 aromatic heterocycles. The topological polar surface area (TPSA) is 42.0 Å². The lowest BCUT2D eigenvalue weighted by molar-refractivity contribution is -0.117. The molecule has 1 amide bonds. The maximum Gasteiger partial charge on any atom is 0.224 e. The number of carbonyl (C=O) groups is 1. The number of carbonyl (C=O) groups excluding carboxylic acids is 1. The van der Waals surface area contributed by atoms with Gasteiger partial charge in [0.15, 0.2) is 0 Å². The Morgan fingerprint density at radius 1 is 1.56 bits per heavy atom. The average Bonchev–Trinajstić information content (AvgIpc) is 2.35. The largest absolute Gasteiger partial charge is 0.325 e. The molecule has 0 bridgehead atoms. The normalized spacial score (nSPS) is 16.6. The molecule has 0 radical (unpaired) electrons. The van der Waals surface area contributed by atoms with Crippen molar-refractivity contribution in [3.8, 4) is 0 Å². The summed E-state index contributed by atoms with van der Waals surface area (Å²) in [5.41, 5.74) is 0.682. The fourth-order valence-electron chi connectivity index (χ4n) is 1.91. The highest BCUT2D eigenvalue weighted by molar-refractivity contribution is 9.10. The van der Waals surface area contributed by atoms with Crippen molar-refractivity contribution in [3.05, 3.63) is 21.9 Å². The van der Waals surface area contributed by atoms with Crippen LogP contribution in [0.3, 0.4) is 0 Å². The number of nitrogens with one attached hydrogen (secondary N) is 1. The predicted octanol–water partition coefficient (Wildman–Crippen LogP) is 3.97. The molecule has 0 aromatic carbocycles. The van der Waals surface area contributed by atoms with Gasteiger partial charge in [-0.15, -0.1) is 0 Å². The summed E-state index contributed by atoms with van der Waals surface area (Å²) in [7, 11) is 0. The third-order valence-electron chi connectivity index (χ3n) is 2.89. The minimum absolute atomic E-state index is 0.0583. The number of aromatic nitrogens is 1. The number of pyridine rings is 1. The Hall–Kier alpha value is -0.260. The average molecular weight is 350 g/mol. The Morgan fingerprint density at radius 2 is 2.28 bits per heavy atom. The Bertz CT molecular complexity index is 438. The number of amides is 1. The van der Waals surface area contributed by atoms with Crippen molar-refractivity contribution < 1.29 is 4.79 Å². The first-order valence-corrected chi connectivity index (χ1v) is 8.16. The van der Waals surface area contributed by atoms with E-state index in [1.165, 1.54) is 11.5 Å². The predicted molar refractivity (Wildman–Crippen MR) is 80.2 cm³/mol. The molecule has 0 unspecified atom stereocenters. The molecule has 0 saturated carbocycles. The minimum Gasteiger partial charge on any atom is -0.325 e. The van der Waals surface area contributed by atoms with Gasteiger partial charge < -0.3 is 5.32 Å². The molecule has 1 fully saturated rings. The zero-order valence-corrected chi connectivity index (χ0v) is 12.9. The molecule has 98 valence electrons. The number of nitrogens with zero attached hydrogens (tertiary/aromatic N) is 1. The first kappa shape index (κ1) is 14.2. The van der Waals surface area contributed by atoms with Crippen LogP contribution in [0.4, 0.5) is 5.69 Å². The van der Waals surface area contributed by atoms with Crippen LogP contribution in [0.1, 0.15) is 19.3 Å². The molecule has 18 heavy (non-hydrogen) atoms. The molecule has 1 saturated heterocycles. The van der Waals surface area contributed by atoms with Gasteiger partial charge in [-0.3, -0.25) is 4.79 Å². The highest BCUT2D eigenvalue weighted by Crippen LogP contribution is 2.26. The monoisotopic (exact) mass is 348 g/mol. The van der Waals surface area contributed by atoms with Crippen LogP contribution in [0, 0.1) is 5.92 Å². The van der Waals surface area contributed by atoms with Crippen molar-refractivity contribution in [2.24, 2.45) is 5.92 Å². The van der Waals surface area contributed by atoms with Crippen LogP contribution in [0.5, 0.6) is 0 Å². The molecule has 0 spiro atoms. The highest BCUT2D eigenvalue weighted by atomic mass is 79.9. The van der Waals surface area contributed by atoms with Crippen molar-refractivity contribution in [3.63, 3.8) is 0 Å². The van der Waals surface area contributed by atoms with Gasteiger partial charge in [-0.25, -0.2) is 4.98 Å². The Morgan fingerprint density at radius 3 is 2.94 bits per heavy atom. The first-order chi connectivity index (χ1) is 8.65. The maximum absolute atomic E-state index is 11.9. The molecule has 1 aliphatic rings. The van der Waals surface area contributed by atoms with Gasteiger partial charge >= 0.3 is 0 Å². The first-order valence-electron chi connectivity index (χ1n) is 5.84. The van der Waals surface area contributed by atoms with Crippen LogP contribution < -0.4 is 5.32 Å². The van der Waals surface area contributed by atoms with E-state index in [1.54, 1.807) is 12.3 Å². The number of hydrogen-bond acceptors (Lipinski definition) is 3. The van der Waals surface area contributed by atoms with Crippen LogP contribution in [-0.4, -0.2) is 22.4 Å². The number of halogens is 2. The summed E-state index contributed by atoms with van der Waals surface area (Å²) in [5, 5.41) is 3.26. The smallest absolute Gasteiger partial charge is 0.224 e. The van der Waals surface area contributed by atoms with Crippen molar-refractivity contribution in [1.29, 1.82) is 0 Å². The van der Waals surface area contributed by atoms with Crippen molar-refractivity contribution in [1.82, 2.24) is 4.98 Å². The van der Waals surface area contributed by atoms with E-state index in [2.05, 4.69) is 26.2 Å². The summed E-state index contributed by atoms with van der Waals surface area (Å²) in [6, 6.07) is 1.77. The summed E-state index contributed by atoms with van der Waals surface area (Å²) < 4.78 is 0.691. The molecule has 3 nitrogen and oxygen atoms in total. The van der Waals surface area contributed by atoms with E-state index >= 15 is 0 Å². The van der Waals surface area contributed by atoms with E-state index < -0.39 is 0 Å². The summed E-state index contributed by atoms with van der Waals surface area (Å²) in [6.45, 7) is 0. The summed E-state index contributed by atoms with van der Waals surface area (Å²) >= 11 is 11.1. The third-order valence-corrected chi connectivity index (χ3v) is 5.08. The molecular weight excluding hydrogens is 336 g/mol. The van der Waals surface area contributed by atoms with Gasteiger partial charge in [0.2, 0.25) is 5.91 Å². The molecule has 6 heteroatoms. The van der Waals surface area contributed by atoms with Gasteiger partial charge in [0.25, 0.3) is 0 Å². The Kier molecular flexibility index (Phi) is 5.33. The summed E-state index contributed by atoms with van der Waals surface area (Å²) in [6.07, 6.45) is 4.45. The number of thioether (sulfide) groups is 1. The van der Waals surface area contributed by atoms with Crippen LogP contribution in [0.25, 0.3) is 0 Å². The van der Waals surface area contributed by atoms with E-state index in [9.17, 15) is 4.79 Å². The number of hydrogen-bond donors (Lipinski definition) is 1. The summed E-state index contributed by atoms with van der Waals surface area (Å²) in [5.74, 6) is 2.93. The SMILES string of the molecule is O=C(CC1CCSCC1)Nc1cnc(Cl)c(Br)c1. The lowest BCUT2D eigenvalue weighted by Gasteiger charge is -2.20. The fourth-order valence-corrected chi connectivity index (χ4v) is 3.57. The lowest BCUT2D eigenvalue weighted by Crippen LogP contribution is -2.19. The van der Waals surface area contributed by atoms with E-state index in [0.29, 0.717) is 27.7 Å². The van der Waals surface area contributed by atoms with Gasteiger partial charge in [0, 0.05) is 6.42 Å². The standard InChI is InChI=1S/C12H14BrClN2OS/c13-10-6-9(7-15-12(10)14)16-11(17)5-8-1-3-18-4-2-8/h6-8H,1-5H2,(H,16,17). The van der Waals surface area contributed by atoms with Gasteiger partial charge in [-0.05, 0) is 52.3 Å². The van der Waals surface area contributed by atoms with Crippen LogP contribution >= 0.6 is 39.3 Å². The Balaban J connectivity index is 1.88. The van der Waals surface area contributed by atoms with Gasteiger partial charge in [-0.2, -0.15) is 11.8 Å². The molecule has 1 aliphatic heterocycles. The van der Waals surface area contributed by atoms with Crippen LogP contribution in [-0.2, 0) is 4.79 Å². The minimum atomic E-state index is 0.0583. The lowest BCUT2D eigenvalue weighted by atomic mass is 9.98. The zero-order chi connectivity index (χ0) is 13.0. The van der Waals surface area contributed by atoms with Crippen LogP contribution in [0.15, 0.2) is 16.7 Å². The van der Waals surface area contributed by atoms with Gasteiger partial charge in [0.05, 0.1) is 16.4 Å². The summed E-state index contributed by atoms with van der Waals surface area (Å²) in [4.78, 5) is 15.9. The number of rotatable bonds is 3. The third kappa shape index (κ3) is 4.14. The van der Waals surface area contributed by atoms with Gasteiger partial charge in [-0.1, -0.05) is 11.6 Å². The Labute approximate surface area is 124 Å². The van der Waals surface area contributed by atoms with E-state index in [4.69, 9.17) is 11.6 Å². The molecule has 1 N–H and O–H groups in total. The zero-order valence-electron chi connectivity index (χ0n) is 9.79. The second-order valence-electron chi connectivity index (χ2n) is 4.30. The fraction of sp³-hybridized carbons (Fsp3) is 0.500. The van der Waals surface area contributed by atoms with Crippen molar-refractivity contribution in [2.75, 3.05) is 16.8 Å². The van der Waals surface area contributed by atoms with Crippen molar-refractivity contribution in [2.45, 2.75) is 19.3 Å². The molecule has 2 rings (SSSR count). The number of anilines is 1. The molecular formula is C12H14BrClN2OS. The highest BCUT2D eigenvalue weighted by Gasteiger charge is 2.17. The molecule has 1 aromatic rings. The maximum atomic E-state index is 11.9. The second kappa shape index (κ2) is 6.78. The van der Waals surface area contributed by atoms with E-state index in [1.807, 2.05) is 11.8 Å². The quantitative estimate of drug-likeness (QED) is 0.840. The molecule has 2 heterocycles.